The predicted molar refractivity (Wildman–Crippen MR) is 84.5 cm³/mol. The first kappa shape index (κ1) is 16.4. The molecule has 21 heavy (non-hydrogen) atoms. The number of aromatic nitrogens is 2. The summed E-state index contributed by atoms with van der Waals surface area (Å²) in [4.78, 5) is 7.11. The van der Waals surface area contributed by atoms with E-state index in [1.807, 2.05) is 0 Å². The molecule has 120 valence electrons. The molecule has 0 bridgehead atoms. The molecule has 1 aliphatic heterocycles. The molecule has 1 saturated heterocycles. The zero-order valence-corrected chi connectivity index (χ0v) is 13.8. The van der Waals surface area contributed by atoms with Crippen molar-refractivity contribution in [2.45, 2.75) is 58.3 Å². The van der Waals surface area contributed by atoms with Gasteiger partial charge in [-0.3, -0.25) is 0 Å². The Hall–Kier alpha value is -0.940. The molecule has 1 fully saturated rings. The van der Waals surface area contributed by atoms with Crippen molar-refractivity contribution in [3.05, 3.63) is 11.7 Å². The van der Waals surface area contributed by atoms with Crippen LogP contribution in [0.2, 0.25) is 0 Å². The molecule has 2 rings (SSSR count). The maximum absolute atomic E-state index is 5.64. The van der Waals surface area contributed by atoms with Crippen molar-refractivity contribution in [2.24, 2.45) is 0 Å². The smallest absolute Gasteiger partial charge is 0.234 e. The summed E-state index contributed by atoms with van der Waals surface area (Å²) in [6.07, 6.45) is 5.50. The van der Waals surface area contributed by atoms with E-state index in [4.69, 9.17) is 9.51 Å². The van der Waals surface area contributed by atoms with Crippen molar-refractivity contribution in [1.82, 2.24) is 20.4 Å². The lowest BCUT2D eigenvalue weighted by molar-refractivity contribution is 0.212. The van der Waals surface area contributed by atoms with Crippen molar-refractivity contribution in [1.29, 1.82) is 0 Å². The molecule has 5 heteroatoms. The Bertz CT molecular complexity index is 403. The Labute approximate surface area is 128 Å². The van der Waals surface area contributed by atoms with Gasteiger partial charge >= 0.3 is 0 Å². The molecule has 1 aromatic heterocycles. The van der Waals surface area contributed by atoms with E-state index in [-0.39, 0.29) is 5.41 Å². The largest absolute Gasteiger partial charge is 0.339 e. The minimum absolute atomic E-state index is 0.0629. The van der Waals surface area contributed by atoms with Crippen LogP contribution in [0, 0.1) is 0 Å². The van der Waals surface area contributed by atoms with Gasteiger partial charge in [-0.2, -0.15) is 4.98 Å². The third-order valence-corrected chi connectivity index (χ3v) is 4.67. The third-order valence-electron chi connectivity index (χ3n) is 4.67. The average Bonchev–Trinajstić information content (AvgIpc) is 2.99. The molecule has 2 heterocycles. The first-order valence-electron chi connectivity index (χ1n) is 8.50. The van der Waals surface area contributed by atoms with Gasteiger partial charge in [-0.1, -0.05) is 32.3 Å². The molecular formula is C16H30N4O. The highest BCUT2D eigenvalue weighted by Gasteiger charge is 2.38. The zero-order chi connectivity index (χ0) is 15.1. The van der Waals surface area contributed by atoms with E-state index >= 15 is 0 Å². The number of rotatable bonds is 8. The molecule has 0 aliphatic carbocycles. The van der Waals surface area contributed by atoms with Gasteiger partial charge in [0.15, 0.2) is 5.82 Å². The van der Waals surface area contributed by atoms with Crippen molar-refractivity contribution in [2.75, 3.05) is 32.7 Å². The van der Waals surface area contributed by atoms with Crippen LogP contribution < -0.4 is 5.32 Å². The molecule has 0 aromatic carbocycles. The molecule has 1 aliphatic rings. The van der Waals surface area contributed by atoms with Gasteiger partial charge in [-0.25, -0.2) is 0 Å². The van der Waals surface area contributed by atoms with Crippen LogP contribution in [0.3, 0.4) is 0 Å². The van der Waals surface area contributed by atoms with Crippen LogP contribution in [0.15, 0.2) is 4.52 Å². The normalized spacial score (nSPS) is 22.9. The number of hydrogen-bond donors (Lipinski definition) is 1. The van der Waals surface area contributed by atoms with Gasteiger partial charge in [0.25, 0.3) is 0 Å². The van der Waals surface area contributed by atoms with Crippen molar-refractivity contribution >= 4 is 0 Å². The first-order valence-corrected chi connectivity index (χ1v) is 8.50. The average molecular weight is 294 g/mol. The van der Waals surface area contributed by atoms with Gasteiger partial charge in [-0.15, -0.1) is 0 Å². The molecule has 1 aromatic rings. The van der Waals surface area contributed by atoms with Crippen molar-refractivity contribution in [3.63, 3.8) is 0 Å². The van der Waals surface area contributed by atoms with Gasteiger partial charge < -0.3 is 14.7 Å². The van der Waals surface area contributed by atoms with E-state index in [9.17, 15) is 0 Å². The quantitative estimate of drug-likeness (QED) is 0.798. The second-order valence-electron chi connectivity index (χ2n) is 6.10. The third kappa shape index (κ3) is 4.04. The number of nitrogens with one attached hydrogen (secondary N) is 1. The topological polar surface area (TPSA) is 54.2 Å². The molecule has 0 spiro atoms. The highest BCUT2D eigenvalue weighted by molar-refractivity contribution is 5.08. The molecule has 1 atom stereocenters. The van der Waals surface area contributed by atoms with Gasteiger partial charge in [-0.05, 0) is 38.9 Å². The van der Waals surface area contributed by atoms with Crippen molar-refractivity contribution in [3.8, 4) is 0 Å². The second-order valence-corrected chi connectivity index (χ2v) is 6.10. The maximum Gasteiger partial charge on any atom is 0.234 e. The van der Waals surface area contributed by atoms with E-state index < -0.39 is 0 Å². The van der Waals surface area contributed by atoms with Gasteiger partial charge in [0, 0.05) is 19.5 Å². The highest BCUT2D eigenvalue weighted by atomic mass is 16.5. The molecule has 1 N–H and O–H groups in total. The SMILES string of the molecule is CCCC1(c2nc(CCN(CC)CC)no2)CCCNC1. The van der Waals surface area contributed by atoms with Crippen LogP contribution in [0.1, 0.15) is 58.2 Å². The summed E-state index contributed by atoms with van der Waals surface area (Å²) < 4.78 is 5.64. The molecule has 0 saturated carbocycles. The summed E-state index contributed by atoms with van der Waals surface area (Å²) in [5, 5.41) is 7.72. The van der Waals surface area contributed by atoms with Gasteiger partial charge in [0.1, 0.15) is 0 Å². The highest BCUT2D eigenvalue weighted by Crippen LogP contribution is 2.34. The minimum atomic E-state index is 0.0629. The summed E-state index contributed by atoms with van der Waals surface area (Å²) in [5.41, 5.74) is 0.0629. The summed E-state index contributed by atoms with van der Waals surface area (Å²) in [5.74, 6) is 1.71. The fourth-order valence-corrected chi connectivity index (χ4v) is 3.32. The van der Waals surface area contributed by atoms with Gasteiger partial charge in [0.05, 0.1) is 5.41 Å². The van der Waals surface area contributed by atoms with Crippen molar-refractivity contribution < 1.29 is 4.52 Å². The minimum Gasteiger partial charge on any atom is -0.339 e. The Morgan fingerprint density at radius 3 is 2.71 bits per heavy atom. The van der Waals surface area contributed by atoms with E-state index in [1.54, 1.807) is 0 Å². The number of hydrogen-bond acceptors (Lipinski definition) is 5. The number of nitrogens with zero attached hydrogens (tertiary/aromatic N) is 3. The Morgan fingerprint density at radius 1 is 1.29 bits per heavy atom. The van der Waals surface area contributed by atoms with Crippen LogP contribution in [0.4, 0.5) is 0 Å². The lowest BCUT2D eigenvalue weighted by atomic mass is 9.77. The Kier molecular flexibility index (Phi) is 6.18. The Morgan fingerprint density at radius 2 is 2.10 bits per heavy atom. The van der Waals surface area contributed by atoms with Crippen LogP contribution in [-0.4, -0.2) is 47.8 Å². The maximum atomic E-state index is 5.64. The molecule has 0 amide bonds. The molecular weight excluding hydrogens is 264 g/mol. The lowest BCUT2D eigenvalue weighted by Gasteiger charge is -2.34. The first-order chi connectivity index (χ1) is 10.2. The van der Waals surface area contributed by atoms with Crippen LogP contribution >= 0.6 is 0 Å². The van der Waals surface area contributed by atoms with Crippen LogP contribution in [-0.2, 0) is 11.8 Å². The monoisotopic (exact) mass is 294 g/mol. The van der Waals surface area contributed by atoms with Crippen LogP contribution in [0.25, 0.3) is 0 Å². The fraction of sp³-hybridized carbons (Fsp3) is 0.875. The summed E-state index contributed by atoms with van der Waals surface area (Å²) in [7, 11) is 0. The van der Waals surface area contributed by atoms with E-state index in [0.29, 0.717) is 0 Å². The van der Waals surface area contributed by atoms with Gasteiger partial charge in [0.2, 0.25) is 5.89 Å². The molecule has 1 unspecified atom stereocenters. The van der Waals surface area contributed by atoms with E-state index in [2.05, 4.69) is 36.1 Å². The molecule has 5 nitrogen and oxygen atoms in total. The molecule has 0 radical (unpaired) electrons. The second kappa shape index (κ2) is 7.90. The van der Waals surface area contributed by atoms with Crippen LogP contribution in [0.5, 0.6) is 0 Å². The predicted octanol–water partition coefficient (Wildman–Crippen LogP) is 2.38. The summed E-state index contributed by atoms with van der Waals surface area (Å²) >= 11 is 0. The number of likely N-dealkylation sites (N-methyl/N-ethyl adjacent to an activating group) is 1. The fourth-order valence-electron chi connectivity index (χ4n) is 3.32. The number of piperidine rings is 1. The van der Waals surface area contributed by atoms with E-state index in [1.165, 1.54) is 6.42 Å². The summed E-state index contributed by atoms with van der Waals surface area (Å²) in [6.45, 7) is 11.8. The van der Waals surface area contributed by atoms with E-state index in [0.717, 1.165) is 70.1 Å². The lowest BCUT2D eigenvalue weighted by Crippen LogP contribution is -2.43. The standard InChI is InChI=1S/C16H30N4O/c1-4-9-16(10-7-11-17-13-16)15-18-14(19-21-15)8-12-20(5-2)6-3/h17H,4-13H2,1-3H3. The zero-order valence-electron chi connectivity index (χ0n) is 13.8. The summed E-state index contributed by atoms with van der Waals surface area (Å²) in [6, 6.07) is 0. The Balaban J connectivity index is 2.02.